The number of aliphatic hydroxyl groups is 1. The van der Waals surface area contributed by atoms with E-state index in [0.717, 1.165) is 5.56 Å². The molecule has 1 saturated heterocycles. The highest BCUT2D eigenvalue weighted by molar-refractivity contribution is 8.00. The summed E-state index contributed by atoms with van der Waals surface area (Å²) in [5.74, 6) is -0.211. The van der Waals surface area contributed by atoms with Crippen molar-refractivity contribution in [2.75, 3.05) is 18.6 Å². The van der Waals surface area contributed by atoms with Crippen LogP contribution in [0.5, 0.6) is 11.5 Å². The summed E-state index contributed by atoms with van der Waals surface area (Å²) in [5, 5.41) is 21.1. The molecule has 5 rings (SSSR count). The molecule has 0 aliphatic carbocycles. The van der Waals surface area contributed by atoms with Gasteiger partial charge in [0.1, 0.15) is 17.3 Å². The highest BCUT2D eigenvalue weighted by Gasteiger charge is 2.48. The van der Waals surface area contributed by atoms with Crippen LogP contribution in [0.2, 0.25) is 10.0 Å². The summed E-state index contributed by atoms with van der Waals surface area (Å²) in [4.78, 5) is 28.2. The van der Waals surface area contributed by atoms with Crippen molar-refractivity contribution in [3.63, 3.8) is 0 Å². The highest BCUT2D eigenvalue weighted by Crippen LogP contribution is 2.44. The Morgan fingerprint density at radius 1 is 1.02 bits per heavy atom. The average molecular weight is 629 g/mol. The molecule has 2 heterocycles. The van der Waals surface area contributed by atoms with E-state index < -0.39 is 17.7 Å². The fraction of sp³-hybridized carbons (Fsp3) is 0.172. The predicted octanol–water partition coefficient (Wildman–Crippen LogP) is 7.17. The largest absolute Gasteiger partial charge is 0.507 e. The van der Waals surface area contributed by atoms with Crippen molar-refractivity contribution in [1.82, 2.24) is 10.2 Å². The molecule has 41 heavy (non-hydrogen) atoms. The monoisotopic (exact) mass is 627 g/mol. The third-order valence-corrected chi connectivity index (χ3v) is 8.97. The Kier molecular flexibility index (Phi) is 8.84. The van der Waals surface area contributed by atoms with Gasteiger partial charge in [0, 0.05) is 21.4 Å². The molecule has 0 spiro atoms. The van der Waals surface area contributed by atoms with Crippen molar-refractivity contribution in [1.29, 1.82) is 0 Å². The Morgan fingerprint density at radius 3 is 2.39 bits per heavy atom. The van der Waals surface area contributed by atoms with E-state index in [9.17, 15) is 14.7 Å². The first-order chi connectivity index (χ1) is 19.8. The van der Waals surface area contributed by atoms with Crippen molar-refractivity contribution in [3.8, 4) is 11.5 Å². The molecule has 0 radical (unpaired) electrons. The minimum absolute atomic E-state index is 0.0540. The predicted molar refractivity (Wildman–Crippen MR) is 161 cm³/mol. The topological polar surface area (TPSA) is 102 Å². The average Bonchev–Trinajstić information content (AvgIpc) is 3.54. The molecule has 8 nitrogen and oxygen atoms in total. The number of methoxy groups -OCH3 is 1. The highest BCUT2D eigenvalue weighted by atomic mass is 35.5. The second-order valence-corrected chi connectivity index (χ2v) is 11.8. The lowest BCUT2D eigenvalue weighted by molar-refractivity contribution is -0.132. The number of ether oxygens (including phenoxy) is 2. The Balaban J connectivity index is 1.52. The van der Waals surface area contributed by atoms with Crippen LogP contribution in [0.15, 0.2) is 76.6 Å². The maximum atomic E-state index is 13.5. The number of benzene rings is 3. The van der Waals surface area contributed by atoms with E-state index in [1.165, 1.54) is 35.1 Å². The number of thioether (sulfide) groups is 1. The van der Waals surface area contributed by atoms with Crippen LogP contribution in [0.4, 0.5) is 5.13 Å². The van der Waals surface area contributed by atoms with Crippen molar-refractivity contribution in [2.45, 2.75) is 23.1 Å². The lowest BCUT2D eigenvalue weighted by Crippen LogP contribution is -2.29. The van der Waals surface area contributed by atoms with Crippen molar-refractivity contribution in [2.24, 2.45) is 0 Å². The number of hydrogen-bond acceptors (Lipinski definition) is 9. The standard InChI is InChI=1S/C29H23Cl2N3O5S2/c1-3-39-21-12-5-16(6-13-21)24-23(25(35)17-7-10-20(38-2)11-8-17)26(36)27(37)34(24)28-32-33-29(41-28)40-15-18-4-9-19(30)14-22(18)31/h4-14,24,35H,3,15H2,1-2H3/b25-23-. The van der Waals surface area contributed by atoms with E-state index in [-0.39, 0.29) is 16.5 Å². The number of halogens is 2. The fourth-order valence-electron chi connectivity index (χ4n) is 4.30. The normalized spacial score (nSPS) is 16.3. The molecule has 1 aromatic heterocycles. The minimum atomic E-state index is -0.940. The number of aromatic nitrogens is 2. The Bertz CT molecular complexity index is 1620. The van der Waals surface area contributed by atoms with E-state index in [0.29, 0.717) is 49.4 Å². The lowest BCUT2D eigenvalue weighted by atomic mass is 9.95. The van der Waals surface area contributed by atoms with Gasteiger partial charge in [-0.1, -0.05) is 64.5 Å². The Labute approximate surface area is 254 Å². The van der Waals surface area contributed by atoms with Crippen LogP contribution in [0.1, 0.15) is 29.7 Å². The number of anilines is 1. The van der Waals surface area contributed by atoms with Crippen LogP contribution in [-0.4, -0.2) is 40.7 Å². The first-order valence-electron chi connectivity index (χ1n) is 12.4. The van der Waals surface area contributed by atoms with Crippen LogP contribution in [-0.2, 0) is 15.3 Å². The molecule has 1 N–H and O–H groups in total. The SMILES string of the molecule is CCOc1ccc(C2/C(=C(/O)c3ccc(OC)cc3)C(=O)C(=O)N2c2nnc(SCc3ccc(Cl)cc3Cl)s2)cc1. The fourth-order valence-corrected chi connectivity index (χ4v) is 6.73. The van der Waals surface area contributed by atoms with E-state index >= 15 is 0 Å². The number of rotatable bonds is 9. The number of carbonyl (C=O) groups is 2. The molecule has 1 atom stereocenters. The van der Waals surface area contributed by atoms with Crippen molar-refractivity contribution in [3.05, 3.63) is 99.0 Å². The first kappa shape index (κ1) is 28.9. The van der Waals surface area contributed by atoms with E-state index in [1.807, 2.05) is 13.0 Å². The molecule has 1 aliphatic rings. The summed E-state index contributed by atoms with van der Waals surface area (Å²) in [6.07, 6.45) is 0. The number of hydrogen-bond donors (Lipinski definition) is 1. The number of nitrogens with zero attached hydrogens (tertiary/aromatic N) is 3. The molecular formula is C29H23Cl2N3O5S2. The first-order valence-corrected chi connectivity index (χ1v) is 14.9. The number of aliphatic hydroxyl groups excluding tert-OH is 1. The molecule has 1 unspecified atom stereocenters. The maximum absolute atomic E-state index is 13.5. The van der Waals surface area contributed by atoms with Gasteiger partial charge in [0.15, 0.2) is 4.34 Å². The van der Waals surface area contributed by atoms with Gasteiger partial charge in [0.25, 0.3) is 5.78 Å². The number of amides is 1. The smallest absolute Gasteiger partial charge is 0.301 e. The zero-order chi connectivity index (χ0) is 29.1. The summed E-state index contributed by atoms with van der Waals surface area (Å²) < 4.78 is 11.3. The van der Waals surface area contributed by atoms with Crippen LogP contribution in [0, 0.1) is 0 Å². The molecule has 12 heteroatoms. The summed E-state index contributed by atoms with van der Waals surface area (Å²) in [6.45, 7) is 2.37. The summed E-state index contributed by atoms with van der Waals surface area (Å²) >= 11 is 14.9. The molecule has 1 aliphatic heterocycles. The molecular weight excluding hydrogens is 605 g/mol. The van der Waals surface area contributed by atoms with Gasteiger partial charge in [-0.2, -0.15) is 0 Å². The van der Waals surface area contributed by atoms with Gasteiger partial charge in [-0.15, -0.1) is 10.2 Å². The molecule has 0 saturated carbocycles. The van der Waals surface area contributed by atoms with Crippen LogP contribution in [0.25, 0.3) is 5.76 Å². The Morgan fingerprint density at radius 2 is 1.73 bits per heavy atom. The van der Waals surface area contributed by atoms with Gasteiger partial charge in [-0.05, 0) is 66.6 Å². The molecule has 1 amide bonds. The van der Waals surface area contributed by atoms with Crippen LogP contribution < -0.4 is 14.4 Å². The van der Waals surface area contributed by atoms with Gasteiger partial charge in [0.2, 0.25) is 5.13 Å². The van der Waals surface area contributed by atoms with Gasteiger partial charge in [-0.3, -0.25) is 14.5 Å². The van der Waals surface area contributed by atoms with Gasteiger partial charge in [0.05, 0.1) is 25.3 Å². The zero-order valence-corrected chi connectivity index (χ0v) is 25.0. The van der Waals surface area contributed by atoms with Gasteiger partial charge in [-0.25, -0.2) is 0 Å². The quantitative estimate of drug-likeness (QED) is 0.0685. The van der Waals surface area contributed by atoms with Crippen LogP contribution in [0.3, 0.4) is 0 Å². The molecule has 4 aromatic rings. The minimum Gasteiger partial charge on any atom is -0.507 e. The maximum Gasteiger partial charge on any atom is 0.301 e. The number of Topliss-reactive ketones (excluding diaryl/α,β-unsaturated/α-hetero) is 1. The second-order valence-electron chi connectivity index (χ2n) is 8.77. The number of carbonyl (C=O) groups excluding carboxylic acids is 2. The van der Waals surface area contributed by atoms with E-state index in [4.69, 9.17) is 32.7 Å². The van der Waals surface area contributed by atoms with Crippen molar-refractivity contribution < 1.29 is 24.2 Å². The number of ketones is 1. The van der Waals surface area contributed by atoms with Crippen LogP contribution >= 0.6 is 46.3 Å². The third-order valence-electron chi connectivity index (χ3n) is 6.28. The Hall–Kier alpha value is -3.57. The summed E-state index contributed by atoms with van der Waals surface area (Å²) in [7, 11) is 1.53. The summed E-state index contributed by atoms with van der Waals surface area (Å²) in [5.41, 5.74) is 1.78. The van der Waals surface area contributed by atoms with Crippen molar-refractivity contribution >= 4 is 68.9 Å². The third kappa shape index (κ3) is 6.06. The van der Waals surface area contributed by atoms with Gasteiger partial charge < -0.3 is 14.6 Å². The molecule has 1 fully saturated rings. The van der Waals surface area contributed by atoms with E-state index in [1.54, 1.807) is 60.7 Å². The van der Waals surface area contributed by atoms with E-state index in [2.05, 4.69) is 10.2 Å². The lowest BCUT2D eigenvalue weighted by Gasteiger charge is -2.22. The molecule has 210 valence electrons. The molecule has 3 aromatic carbocycles. The summed E-state index contributed by atoms with van der Waals surface area (Å²) in [6, 6.07) is 17.9. The molecule has 0 bridgehead atoms. The zero-order valence-electron chi connectivity index (χ0n) is 21.8. The second kappa shape index (κ2) is 12.5. The van der Waals surface area contributed by atoms with Gasteiger partial charge >= 0.3 is 5.91 Å².